The molecule has 1 nitrogen and oxygen atoms in total. The van der Waals surface area contributed by atoms with Gasteiger partial charge in [-0.05, 0) is 31.8 Å². The Kier molecular flexibility index (Phi) is 5.21. The molecule has 0 aliphatic carbocycles. The van der Waals surface area contributed by atoms with Crippen molar-refractivity contribution in [2.75, 3.05) is 13.1 Å². The van der Waals surface area contributed by atoms with E-state index >= 15 is 0 Å². The van der Waals surface area contributed by atoms with Gasteiger partial charge in [-0.3, -0.25) is 0 Å². The van der Waals surface area contributed by atoms with Crippen molar-refractivity contribution in [3.63, 3.8) is 0 Å². The average molecular weight is 150 g/mol. The third-order valence-electron chi connectivity index (χ3n) is 1.79. The Morgan fingerprint density at radius 3 is 2.89 bits per heavy atom. The normalized spacial score (nSPS) is 28.3. The van der Waals surface area contributed by atoms with Gasteiger partial charge in [-0.1, -0.05) is 13.3 Å². The van der Waals surface area contributed by atoms with E-state index in [4.69, 9.17) is 0 Å². The highest BCUT2D eigenvalue weighted by Crippen LogP contribution is 2.08. The Morgan fingerprint density at radius 1 is 1.33 bits per heavy atom. The molecule has 9 heavy (non-hydrogen) atoms. The van der Waals surface area contributed by atoms with Crippen molar-refractivity contribution in [1.82, 2.24) is 5.32 Å². The van der Waals surface area contributed by atoms with Gasteiger partial charge in [-0.25, -0.2) is 0 Å². The van der Waals surface area contributed by atoms with E-state index < -0.39 is 0 Å². The molecule has 1 N–H and O–H groups in total. The molecule has 0 aromatic carbocycles. The molecule has 0 radical (unpaired) electrons. The van der Waals surface area contributed by atoms with Crippen LogP contribution in [0.1, 0.15) is 26.2 Å². The van der Waals surface area contributed by atoms with Crippen LogP contribution in [0.2, 0.25) is 0 Å². The molecule has 1 unspecified atom stereocenters. The molecule has 2 heteroatoms. The lowest BCUT2D eigenvalue weighted by Gasteiger charge is -2.03. The standard InChI is InChI=1S/C7H15N.ClH/c1-7-4-2-3-5-8-6-7;/h7-8H,2-6H2,1H3;1H. The Labute approximate surface area is 63.6 Å². The lowest BCUT2D eigenvalue weighted by Crippen LogP contribution is -2.18. The van der Waals surface area contributed by atoms with Crippen molar-refractivity contribution >= 4 is 12.4 Å². The van der Waals surface area contributed by atoms with Gasteiger partial charge < -0.3 is 5.32 Å². The van der Waals surface area contributed by atoms with E-state index in [0.717, 1.165) is 5.92 Å². The van der Waals surface area contributed by atoms with Crippen molar-refractivity contribution in [3.8, 4) is 0 Å². The quantitative estimate of drug-likeness (QED) is 0.554. The minimum Gasteiger partial charge on any atom is -0.316 e. The van der Waals surface area contributed by atoms with Gasteiger partial charge in [0.25, 0.3) is 0 Å². The maximum atomic E-state index is 3.40. The van der Waals surface area contributed by atoms with Gasteiger partial charge in [0.2, 0.25) is 0 Å². The minimum absolute atomic E-state index is 0. The van der Waals surface area contributed by atoms with Crippen molar-refractivity contribution < 1.29 is 0 Å². The van der Waals surface area contributed by atoms with Crippen molar-refractivity contribution in [2.24, 2.45) is 5.92 Å². The largest absolute Gasteiger partial charge is 0.316 e. The van der Waals surface area contributed by atoms with Crippen LogP contribution in [0.5, 0.6) is 0 Å². The van der Waals surface area contributed by atoms with E-state index in [1.54, 1.807) is 0 Å². The zero-order valence-electron chi connectivity index (χ0n) is 6.02. The third kappa shape index (κ3) is 3.77. The topological polar surface area (TPSA) is 12.0 Å². The first-order valence-electron chi connectivity index (χ1n) is 3.60. The van der Waals surface area contributed by atoms with E-state index in [0.29, 0.717) is 0 Å². The first kappa shape index (κ1) is 9.25. The number of halogens is 1. The summed E-state index contributed by atoms with van der Waals surface area (Å²) in [5.74, 6) is 0.914. The van der Waals surface area contributed by atoms with E-state index in [-0.39, 0.29) is 12.4 Å². The van der Waals surface area contributed by atoms with Crippen LogP contribution >= 0.6 is 12.4 Å². The molecule has 1 fully saturated rings. The van der Waals surface area contributed by atoms with Crippen LogP contribution in [-0.2, 0) is 0 Å². The monoisotopic (exact) mass is 149 g/mol. The highest BCUT2D eigenvalue weighted by molar-refractivity contribution is 5.85. The van der Waals surface area contributed by atoms with Crippen molar-refractivity contribution in [1.29, 1.82) is 0 Å². The van der Waals surface area contributed by atoms with E-state index in [1.807, 2.05) is 0 Å². The fourth-order valence-electron chi connectivity index (χ4n) is 1.19. The summed E-state index contributed by atoms with van der Waals surface area (Å²) >= 11 is 0. The molecule has 1 saturated heterocycles. The molecule has 1 rings (SSSR count). The van der Waals surface area contributed by atoms with Gasteiger partial charge in [0.15, 0.2) is 0 Å². The summed E-state index contributed by atoms with van der Waals surface area (Å²) in [5.41, 5.74) is 0. The predicted octanol–water partition coefficient (Wildman–Crippen LogP) is 1.82. The van der Waals surface area contributed by atoms with Crippen molar-refractivity contribution in [3.05, 3.63) is 0 Å². The molecular formula is C7H16ClN. The molecule has 1 aliphatic rings. The van der Waals surface area contributed by atoms with Crippen LogP contribution in [0.4, 0.5) is 0 Å². The molecule has 0 aromatic rings. The lowest BCUT2D eigenvalue weighted by atomic mass is 10.1. The molecule has 1 heterocycles. The SMILES string of the molecule is CC1CCCCNC1.Cl. The van der Waals surface area contributed by atoms with Gasteiger partial charge >= 0.3 is 0 Å². The van der Waals surface area contributed by atoms with Gasteiger partial charge in [-0.15, -0.1) is 12.4 Å². The zero-order valence-corrected chi connectivity index (χ0v) is 6.84. The van der Waals surface area contributed by atoms with Crippen LogP contribution in [0.25, 0.3) is 0 Å². The van der Waals surface area contributed by atoms with Gasteiger partial charge in [-0.2, -0.15) is 0 Å². The molecule has 0 amide bonds. The smallest absolute Gasteiger partial charge is 0.00232 e. The molecule has 0 aromatic heterocycles. The Balaban J connectivity index is 0.000000640. The van der Waals surface area contributed by atoms with E-state index in [9.17, 15) is 0 Å². The molecule has 0 bridgehead atoms. The second kappa shape index (κ2) is 5.07. The Hall–Kier alpha value is 0.250. The van der Waals surface area contributed by atoms with E-state index in [1.165, 1.54) is 32.4 Å². The summed E-state index contributed by atoms with van der Waals surface area (Å²) in [5, 5.41) is 3.40. The number of hydrogen-bond donors (Lipinski definition) is 1. The number of rotatable bonds is 0. The van der Waals surface area contributed by atoms with Crippen LogP contribution < -0.4 is 5.32 Å². The van der Waals surface area contributed by atoms with Crippen molar-refractivity contribution in [2.45, 2.75) is 26.2 Å². The Bertz CT molecular complexity index is 57.9. The summed E-state index contributed by atoms with van der Waals surface area (Å²) < 4.78 is 0. The first-order chi connectivity index (χ1) is 3.89. The second-order valence-corrected chi connectivity index (χ2v) is 2.81. The second-order valence-electron chi connectivity index (χ2n) is 2.81. The fourth-order valence-corrected chi connectivity index (χ4v) is 1.19. The Morgan fingerprint density at radius 2 is 2.11 bits per heavy atom. The van der Waals surface area contributed by atoms with Gasteiger partial charge in [0.1, 0.15) is 0 Å². The van der Waals surface area contributed by atoms with E-state index in [2.05, 4.69) is 12.2 Å². The number of hydrogen-bond acceptors (Lipinski definition) is 1. The average Bonchev–Trinajstić information content (AvgIpc) is 1.94. The summed E-state index contributed by atoms with van der Waals surface area (Å²) in [6, 6.07) is 0. The van der Waals surface area contributed by atoms with Crippen LogP contribution in [0.15, 0.2) is 0 Å². The highest BCUT2D eigenvalue weighted by atomic mass is 35.5. The maximum absolute atomic E-state index is 3.40. The summed E-state index contributed by atoms with van der Waals surface area (Å²) in [6.07, 6.45) is 4.23. The van der Waals surface area contributed by atoms with Gasteiger partial charge in [0, 0.05) is 0 Å². The first-order valence-corrected chi connectivity index (χ1v) is 3.60. The molecule has 0 saturated carbocycles. The predicted molar refractivity (Wildman–Crippen MR) is 43.1 cm³/mol. The zero-order chi connectivity index (χ0) is 5.82. The minimum atomic E-state index is 0. The van der Waals surface area contributed by atoms with Crippen LogP contribution in [0, 0.1) is 5.92 Å². The number of nitrogens with one attached hydrogen (secondary N) is 1. The molecule has 1 aliphatic heterocycles. The third-order valence-corrected chi connectivity index (χ3v) is 1.79. The fraction of sp³-hybridized carbons (Fsp3) is 1.00. The van der Waals surface area contributed by atoms with Crippen LogP contribution in [-0.4, -0.2) is 13.1 Å². The molecule has 56 valence electrons. The summed E-state index contributed by atoms with van der Waals surface area (Å²) in [6.45, 7) is 4.79. The highest BCUT2D eigenvalue weighted by Gasteiger charge is 2.04. The summed E-state index contributed by atoms with van der Waals surface area (Å²) in [7, 11) is 0. The molecule has 1 atom stereocenters. The molecular weight excluding hydrogens is 134 g/mol. The summed E-state index contributed by atoms with van der Waals surface area (Å²) in [4.78, 5) is 0. The molecule has 0 spiro atoms. The van der Waals surface area contributed by atoms with Gasteiger partial charge in [0.05, 0.1) is 0 Å². The lowest BCUT2D eigenvalue weighted by molar-refractivity contribution is 0.525. The maximum Gasteiger partial charge on any atom is -0.00232 e. The van der Waals surface area contributed by atoms with Crippen LogP contribution in [0.3, 0.4) is 0 Å².